The quantitative estimate of drug-likeness (QED) is 0.692. The van der Waals surface area contributed by atoms with Crippen molar-refractivity contribution in [3.05, 3.63) is 30.1 Å². The minimum Gasteiger partial charge on any atom is -0.385 e. The molecule has 2 unspecified atom stereocenters. The fourth-order valence-corrected chi connectivity index (χ4v) is 4.84. The molecule has 3 saturated heterocycles. The normalized spacial score (nSPS) is 26.3. The fourth-order valence-electron chi connectivity index (χ4n) is 4.84. The molecular formula is C20H24N6O3. The lowest BCUT2D eigenvalue weighted by atomic mass is 9.86. The van der Waals surface area contributed by atoms with Crippen molar-refractivity contribution >= 4 is 11.3 Å². The minimum absolute atomic E-state index is 0.260. The Labute approximate surface area is 167 Å². The van der Waals surface area contributed by atoms with Crippen LogP contribution in [0.15, 0.2) is 24.5 Å². The summed E-state index contributed by atoms with van der Waals surface area (Å²) >= 11 is 0. The average Bonchev–Trinajstić information content (AvgIpc) is 3.47. The van der Waals surface area contributed by atoms with Gasteiger partial charge in [0.15, 0.2) is 5.82 Å². The number of fused-ring (bicyclic) bond motifs is 3. The largest absolute Gasteiger partial charge is 0.385 e. The number of imidazole rings is 1. The standard InChI is InChI=1S/C20H24N6O3/c27-20(4-7-28-8-5-20)15-9-18(25-11-13-1-2-14(12-25)29-13)24-26-17(15)10-21-19(26)16-3-6-22-23-16/h3,6,9-10,13-14,27H,1-2,4-5,7-8,11-12H2,(H,22,23). The van der Waals surface area contributed by atoms with E-state index < -0.39 is 5.60 Å². The second-order valence-corrected chi connectivity index (χ2v) is 8.27. The maximum Gasteiger partial charge on any atom is 0.179 e. The summed E-state index contributed by atoms with van der Waals surface area (Å²) in [4.78, 5) is 6.88. The second kappa shape index (κ2) is 6.51. The van der Waals surface area contributed by atoms with Crippen molar-refractivity contribution in [1.29, 1.82) is 0 Å². The first kappa shape index (κ1) is 17.4. The molecule has 3 aromatic rings. The summed E-state index contributed by atoms with van der Waals surface area (Å²) in [6, 6.07) is 3.92. The highest BCUT2D eigenvalue weighted by Gasteiger charge is 2.38. The zero-order valence-corrected chi connectivity index (χ0v) is 16.1. The Bertz CT molecular complexity index is 1010. The number of aromatic amines is 1. The molecule has 6 rings (SSSR count). The first-order valence-corrected chi connectivity index (χ1v) is 10.3. The third-order valence-electron chi connectivity index (χ3n) is 6.42. The van der Waals surface area contributed by atoms with E-state index in [2.05, 4.69) is 20.1 Å². The molecule has 6 heterocycles. The summed E-state index contributed by atoms with van der Waals surface area (Å²) in [5.74, 6) is 1.54. The van der Waals surface area contributed by atoms with Crippen LogP contribution in [0.1, 0.15) is 31.2 Å². The lowest BCUT2D eigenvalue weighted by molar-refractivity contribution is -0.0672. The van der Waals surface area contributed by atoms with Gasteiger partial charge in [-0.15, -0.1) is 5.10 Å². The average molecular weight is 396 g/mol. The van der Waals surface area contributed by atoms with Crippen LogP contribution in [0.4, 0.5) is 5.82 Å². The summed E-state index contributed by atoms with van der Waals surface area (Å²) in [5, 5.41) is 23.5. The van der Waals surface area contributed by atoms with Gasteiger partial charge < -0.3 is 19.5 Å². The molecule has 2 atom stereocenters. The number of H-pyrrole nitrogens is 1. The molecule has 9 heteroatoms. The van der Waals surface area contributed by atoms with E-state index in [-0.39, 0.29) is 12.2 Å². The summed E-state index contributed by atoms with van der Waals surface area (Å²) < 4.78 is 13.3. The van der Waals surface area contributed by atoms with Crippen LogP contribution in [0.25, 0.3) is 17.0 Å². The van der Waals surface area contributed by atoms with Gasteiger partial charge in [-0.05, 0) is 25.0 Å². The molecule has 29 heavy (non-hydrogen) atoms. The first-order valence-electron chi connectivity index (χ1n) is 10.3. The molecule has 152 valence electrons. The number of aliphatic hydroxyl groups is 1. The molecule has 9 nitrogen and oxygen atoms in total. The number of hydrogen-bond donors (Lipinski definition) is 2. The molecule has 2 bridgehead atoms. The molecule has 0 amide bonds. The topological polar surface area (TPSA) is 101 Å². The zero-order chi connectivity index (χ0) is 19.4. The molecule has 0 aliphatic carbocycles. The smallest absolute Gasteiger partial charge is 0.179 e. The van der Waals surface area contributed by atoms with Gasteiger partial charge in [-0.25, -0.2) is 9.50 Å². The van der Waals surface area contributed by atoms with Crippen LogP contribution in [-0.4, -0.2) is 68.4 Å². The molecule has 2 N–H and O–H groups in total. The van der Waals surface area contributed by atoms with Crippen LogP contribution in [0.3, 0.4) is 0 Å². The van der Waals surface area contributed by atoms with Gasteiger partial charge in [0.25, 0.3) is 0 Å². The summed E-state index contributed by atoms with van der Waals surface area (Å²) in [5.41, 5.74) is 1.52. The second-order valence-electron chi connectivity index (χ2n) is 8.27. The number of rotatable bonds is 3. The molecule has 3 aromatic heterocycles. The van der Waals surface area contributed by atoms with E-state index in [1.54, 1.807) is 12.4 Å². The van der Waals surface area contributed by atoms with Crippen molar-refractivity contribution in [3.8, 4) is 11.5 Å². The summed E-state index contributed by atoms with van der Waals surface area (Å²) in [6.45, 7) is 2.74. The van der Waals surface area contributed by atoms with E-state index >= 15 is 0 Å². The van der Waals surface area contributed by atoms with E-state index in [0.717, 1.165) is 48.5 Å². The Morgan fingerprint density at radius 2 is 1.97 bits per heavy atom. The van der Waals surface area contributed by atoms with Crippen molar-refractivity contribution in [1.82, 2.24) is 24.8 Å². The zero-order valence-electron chi connectivity index (χ0n) is 16.1. The van der Waals surface area contributed by atoms with Gasteiger partial charge in [0.1, 0.15) is 11.5 Å². The molecule has 0 spiro atoms. The number of nitrogens with one attached hydrogen (secondary N) is 1. The molecule has 0 aromatic carbocycles. The van der Waals surface area contributed by atoms with Gasteiger partial charge in [-0.2, -0.15) is 5.10 Å². The number of hydrogen-bond acceptors (Lipinski definition) is 7. The minimum atomic E-state index is -0.951. The molecular weight excluding hydrogens is 372 g/mol. The Morgan fingerprint density at radius 1 is 1.17 bits per heavy atom. The highest BCUT2D eigenvalue weighted by Crippen LogP contribution is 2.38. The lowest BCUT2D eigenvalue weighted by Gasteiger charge is -2.36. The first-order chi connectivity index (χ1) is 14.2. The Morgan fingerprint density at radius 3 is 2.69 bits per heavy atom. The van der Waals surface area contributed by atoms with Gasteiger partial charge in [-0.3, -0.25) is 5.10 Å². The Hall–Kier alpha value is -2.49. The van der Waals surface area contributed by atoms with Crippen molar-refractivity contribution in [2.24, 2.45) is 0 Å². The van der Waals surface area contributed by atoms with Gasteiger partial charge in [0.05, 0.1) is 29.5 Å². The van der Waals surface area contributed by atoms with Crippen LogP contribution < -0.4 is 4.90 Å². The van der Waals surface area contributed by atoms with E-state index in [1.165, 1.54) is 0 Å². The monoisotopic (exact) mass is 396 g/mol. The van der Waals surface area contributed by atoms with Crippen molar-refractivity contribution in [2.75, 3.05) is 31.2 Å². The maximum atomic E-state index is 11.5. The highest BCUT2D eigenvalue weighted by atomic mass is 16.5. The fraction of sp³-hybridized carbons (Fsp3) is 0.550. The molecule has 3 aliphatic rings. The van der Waals surface area contributed by atoms with Crippen molar-refractivity contribution in [2.45, 2.75) is 43.5 Å². The third-order valence-corrected chi connectivity index (χ3v) is 6.42. The van der Waals surface area contributed by atoms with Crippen LogP contribution >= 0.6 is 0 Å². The molecule has 0 radical (unpaired) electrons. The van der Waals surface area contributed by atoms with E-state index in [9.17, 15) is 5.11 Å². The van der Waals surface area contributed by atoms with E-state index in [0.29, 0.717) is 31.9 Å². The van der Waals surface area contributed by atoms with E-state index in [1.807, 2.05) is 16.6 Å². The lowest BCUT2D eigenvalue weighted by Crippen LogP contribution is -2.43. The van der Waals surface area contributed by atoms with Gasteiger partial charge in [0, 0.05) is 50.9 Å². The third kappa shape index (κ3) is 2.84. The summed E-state index contributed by atoms with van der Waals surface area (Å²) in [7, 11) is 0. The van der Waals surface area contributed by atoms with Crippen LogP contribution in [0, 0.1) is 0 Å². The maximum absolute atomic E-state index is 11.5. The number of morpholine rings is 1. The molecule has 3 aliphatic heterocycles. The molecule has 3 fully saturated rings. The van der Waals surface area contributed by atoms with Crippen LogP contribution in [-0.2, 0) is 15.1 Å². The van der Waals surface area contributed by atoms with E-state index in [4.69, 9.17) is 14.6 Å². The summed E-state index contributed by atoms with van der Waals surface area (Å²) in [6.07, 6.45) is 7.33. The SMILES string of the molecule is OC1(c2cc(N3CC4CCC(C3)O4)nn3c(-c4ccn[nH]4)ncc23)CCOCC1. The number of aromatic nitrogens is 5. The number of anilines is 1. The van der Waals surface area contributed by atoms with Crippen molar-refractivity contribution in [3.63, 3.8) is 0 Å². The predicted octanol–water partition coefficient (Wildman–Crippen LogP) is 1.48. The van der Waals surface area contributed by atoms with Gasteiger partial charge in [0.2, 0.25) is 0 Å². The van der Waals surface area contributed by atoms with Crippen molar-refractivity contribution < 1.29 is 14.6 Å². The van der Waals surface area contributed by atoms with Crippen LogP contribution in [0.5, 0.6) is 0 Å². The number of nitrogens with zero attached hydrogens (tertiary/aromatic N) is 5. The predicted molar refractivity (Wildman–Crippen MR) is 105 cm³/mol. The van der Waals surface area contributed by atoms with Gasteiger partial charge >= 0.3 is 0 Å². The Kier molecular flexibility index (Phi) is 3.90. The van der Waals surface area contributed by atoms with Crippen LogP contribution in [0.2, 0.25) is 0 Å². The molecule has 0 saturated carbocycles. The van der Waals surface area contributed by atoms with Gasteiger partial charge in [-0.1, -0.05) is 0 Å². The highest BCUT2D eigenvalue weighted by molar-refractivity contribution is 5.65. The number of ether oxygens (including phenoxy) is 2. The Balaban J connectivity index is 1.52.